The zero-order valence-corrected chi connectivity index (χ0v) is 17.8. The maximum absolute atomic E-state index is 13.1. The summed E-state index contributed by atoms with van der Waals surface area (Å²) in [7, 11) is 0. The van der Waals surface area contributed by atoms with Crippen molar-refractivity contribution < 1.29 is 9.32 Å². The minimum absolute atomic E-state index is 0.0396. The van der Waals surface area contributed by atoms with Crippen molar-refractivity contribution in [2.45, 2.75) is 57.8 Å². The van der Waals surface area contributed by atoms with Crippen molar-refractivity contribution in [3.8, 4) is 11.4 Å². The van der Waals surface area contributed by atoms with Crippen LogP contribution in [-0.2, 0) is 4.79 Å². The predicted octanol–water partition coefficient (Wildman–Crippen LogP) is 3.87. The SMILES string of the molecule is CC1CCN(C(=O)[C@@H]2CCCN(c3ncccc3-c3noc(C4CCC4)n3)C2)CC1. The van der Waals surface area contributed by atoms with E-state index in [1.165, 1.54) is 6.42 Å². The molecule has 7 heteroatoms. The highest BCUT2D eigenvalue weighted by Gasteiger charge is 2.33. The van der Waals surface area contributed by atoms with Gasteiger partial charge in [-0.05, 0) is 56.6 Å². The second kappa shape index (κ2) is 8.36. The summed E-state index contributed by atoms with van der Waals surface area (Å²) in [5, 5.41) is 4.25. The highest BCUT2D eigenvalue weighted by atomic mass is 16.5. The van der Waals surface area contributed by atoms with Crippen molar-refractivity contribution in [2.75, 3.05) is 31.1 Å². The number of aromatic nitrogens is 3. The van der Waals surface area contributed by atoms with E-state index in [1.54, 1.807) is 0 Å². The van der Waals surface area contributed by atoms with E-state index in [-0.39, 0.29) is 5.92 Å². The van der Waals surface area contributed by atoms with Gasteiger partial charge in [-0.3, -0.25) is 4.79 Å². The Hall–Kier alpha value is -2.44. The van der Waals surface area contributed by atoms with Gasteiger partial charge >= 0.3 is 0 Å². The molecule has 0 N–H and O–H groups in total. The highest BCUT2D eigenvalue weighted by molar-refractivity contribution is 5.80. The monoisotopic (exact) mass is 409 g/mol. The van der Waals surface area contributed by atoms with Gasteiger partial charge in [-0.2, -0.15) is 4.98 Å². The van der Waals surface area contributed by atoms with Gasteiger partial charge in [0, 0.05) is 38.3 Å². The minimum atomic E-state index is 0.0396. The highest BCUT2D eigenvalue weighted by Crippen LogP contribution is 2.37. The molecular weight excluding hydrogens is 378 g/mol. The van der Waals surface area contributed by atoms with Crippen molar-refractivity contribution in [3.05, 3.63) is 24.2 Å². The fourth-order valence-electron chi connectivity index (χ4n) is 4.85. The van der Waals surface area contributed by atoms with E-state index in [9.17, 15) is 4.79 Å². The van der Waals surface area contributed by atoms with Crippen LogP contribution < -0.4 is 4.90 Å². The molecule has 0 radical (unpaired) electrons. The Bertz CT molecular complexity index is 885. The Morgan fingerprint density at radius 2 is 1.93 bits per heavy atom. The van der Waals surface area contributed by atoms with Gasteiger partial charge in [-0.25, -0.2) is 4.98 Å². The van der Waals surface area contributed by atoms with E-state index in [4.69, 9.17) is 4.52 Å². The van der Waals surface area contributed by atoms with Gasteiger partial charge in [-0.15, -0.1) is 0 Å². The van der Waals surface area contributed by atoms with Crippen molar-refractivity contribution >= 4 is 11.7 Å². The number of nitrogens with zero attached hydrogens (tertiary/aromatic N) is 5. The third kappa shape index (κ3) is 3.82. The first kappa shape index (κ1) is 19.5. The number of hydrogen-bond acceptors (Lipinski definition) is 6. The molecule has 5 rings (SSSR count). The standard InChI is InChI=1S/C23H31N5O2/c1-16-9-13-27(14-10-16)23(29)18-7-4-12-28(15-18)21-19(8-3-11-24-21)20-25-22(30-26-20)17-5-2-6-17/h3,8,11,16-18H,2,4-7,9-10,12-15H2,1H3/t18-/m1/s1. The summed E-state index contributed by atoms with van der Waals surface area (Å²) in [6.07, 6.45) is 9.50. The molecule has 2 aliphatic heterocycles. The molecule has 1 amide bonds. The first-order valence-corrected chi connectivity index (χ1v) is 11.5. The van der Waals surface area contributed by atoms with Gasteiger partial charge in [-0.1, -0.05) is 18.5 Å². The van der Waals surface area contributed by atoms with E-state index in [0.29, 0.717) is 24.2 Å². The van der Waals surface area contributed by atoms with Crippen LogP contribution in [0.15, 0.2) is 22.9 Å². The third-order valence-corrected chi connectivity index (χ3v) is 7.09. The molecule has 0 bridgehead atoms. The number of piperidine rings is 2. The van der Waals surface area contributed by atoms with E-state index < -0.39 is 0 Å². The topological polar surface area (TPSA) is 75.4 Å². The van der Waals surface area contributed by atoms with Crippen LogP contribution in [0.5, 0.6) is 0 Å². The molecule has 2 aromatic rings. The molecule has 7 nitrogen and oxygen atoms in total. The number of anilines is 1. The first-order valence-electron chi connectivity index (χ1n) is 11.5. The minimum Gasteiger partial charge on any atom is -0.355 e. The Morgan fingerprint density at radius 3 is 2.70 bits per heavy atom. The zero-order valence-electron chi connectivity index (χ0n) is 17.8. The van der Waals surface area contributed by atoms with Crippen LogP contribution in [0, 0.1) is 11.8 Å². The molecule has 3 fully saturated rings. The summed E-state index contributed by atoms with van der Waals surface area (Å²) >= 11 is 0. The van der Waals surface area contributed by atoms with Gasteiger partial charge in [0.2, 0.25) is 17.6 Å². The number of carbonyl (C=O) groups is 1. The molecule has 4 heterocycles. The van der Waals surface area contributed by atoms with Crippen LogP contribution in [0.3, 0.4) is 0 Å². The van der Waals surface area contributed by atoms with Gasteiger partial charge < -0.3 is 14.3 Å². The number of amides is 1. The fraction of sp³-hybridized carbons (Fsp3) is 0.652. The molecule has 0 aromatic carbocycles. The Labute approximate surface area is 177 Å². The van der Waals surface area contributed by atoms with E-state index >= 15 is 0 Å². The maximum Gasteiger partial charge on any atom is 0.230 e. The molecule has 2 saturated heterocycles. The summed E-state index contributed by atoms with van der Waals surface area (Å²) in [5.41, 5.74) is 0.895. The number of likely N-dealkylation sites (tertiary alicyclic amines) is 1. The lowest BCUT2D eigenvalue weighted by molar-refractivity contribution is -0.137. The third-order valence-electron chi connectivity index (χ3n) is 7.09. The smallest absolute Gasteiger partial charge is 0.230 e. The predicted molar refractivity (Wildman–Crippen MR) is 114 cm³/mol. The van der Waals surface area contributed by atoms with Crippen molar-refractivity contribution in [2.24, 2.45) is 11.8 Å². The number of rotatable bonds is 4. The number of carbonyl (C=O) groups excluding carboxylic acids is 1. The summed E-state index contributed by atoms with van der Waals surface area (Å²) in [6.45, 7) is 5.69. The largest absolute Gasteiger partial charge is 0.355 e. The van der Waals surface area contributed by atoms with Crippen LogP contribution in [-0.4, -0.2) is 52.1 Å². The lowest BCUT2D eigenvalue weighted by Crippen LogP contribution is -2.47. The fourth-order valence-corrected chi connectivity index (χ4v) is 4.85. The van der Waals surface area contributed by atoms with Crippen LogP contribution in [0.1, 0.15) is 63.7 Å². The van der Waals surface area contributed by atoms with E-state index in [2.05, 4.69) is 31.8 Å². The zero-order chi connectivity index (χ0) is 20.5. The van der Waals surface area contributed by atoms with Crippen molar-refractivity contribution in [1.82, 2.24) is 20.0 Å². The van der Waals surface area contributed by atoms with Crippen molar-refractivity contribution in [3.63, 3.8) is 0 Å². The maximum atomic E-state index is 13.1. The lowest BCUT2D eigenvalue weighted by Gasteiger charge is -2.38. The van der Waals surface area contributed by atoms with Crippen LogP contribution in [0.2, 0.25) is 0 Å². The molecule has 1 atom stereocenters. The molecule has 2 aromatic heterocycles. The summed E-state index contributed by atoms with van der Waals surface area (Å²) in [4.78, 5) is 26.8. The second-order valence-corrected chi connectivity index (χ2v) is 9.25. The molecule has 3 aliphatic rings. The van der Waals surface area contributed by atoms with Gasteiger partial charge in [0.15, 0.2) is 0 Å². The first-order chi connectivity index (χ1) is 14.7. The molecule has 0 unspecified atom stereocenters. The van der Waals surface area contributed by atoms with Gasteiger partial charge in [0.1, 0.15) is 5.82 Å². The molecule has 1 saturated carbocycles. The normalized spacial score (nSPS) is 23.4. The molecule has 1 aliphatic carbocycles. The van der Waals surface area contributed by atoms with Gasteiger partial charge in [0.05, 0.1) is 11.5 Å². The van der Waals surface area contributed by atoms with E-state index in [0.717, 1.165) is 81.3 Å². The molecule has 0 spiro atoms. The van der Waals surface area contributed by atoms with Crippen LogP contribution in [0.4, 0.5) is 5.82 Å². The van der Waals surface area contributed by atoms with E-state index in [1.807, 2.05) is 18.3 Å². The quantitative estimate of drug-likeness (QED) is 0.763. The van der Waals surface area contributed by atoms with Gasteiger partial charge in [0.25, 0.3) is 0 Å². The average Bonchev–Trinajstić information content (AvgIpc) is 3.22. The summed E-state index contributed by atoms with van der Waals surface area (Å²) in [6, 6.07) is 3.93. The average molecular weight is 410 g/mol. The second-order valence-electron chi connectivity index (χ2n) is 9.25. The molecular formula is C23H31N5O2. The van der Waals surface area contributed by atoms with Crippen molar-refractivity contribution in [1.29, 1.82) is 0 Å². The Morgan fingerprint density at radius 1 is 1.10 bits per heavy atom. The Balaban J connectivity index is 1.33. The lowest BCUT2D eigenvalue weighted by atomic mass is 9.85. The van der Waals surface area contributed by atoms with Crippen LogP contribution in [0.25, 0.3) is 11.4 Å². The molecule has 30 heavy (non-hydrogen) atoms. The number of hydrogen-bond donors (Lipinski definition) is 0. The number of pyridine rings is 1. The molecule has 160 valence electrons. The summed E-state index contributed by atoms with van der Waals surface area (Å²) in [5.74, 6) is 3.72. The summed E-state index contributed by atoms with van der Waals surface area (Å²) < 4.78 is 5.54. The van der Waals surface area contributed by atoms with Crippen LogP contribution >= 0.6 is 0 Å². The Kier molecular flexibility index (Phi) is 5.44.